The fraction of sp³-hybridized carbons (Fsp3) is 0.333. The first-order valence-corrected chi connectivity index (χ1v) is 13.4. The van der Waals surface area contributed by atoms with Gasteiger partial charge in [-0.3, -0.25) is 0 Å². The minimum absolute atomic E-state index is 1.19. The van der Waals surface area contributed by atoms with Crippen molar-refractivity contribution in [1.82, 2.24) is 0 Å². The van der Waals surface area contributed by atoms with Crippen molar-refractivity contribution >= 4 is 43.0 Å². The van der Waals surface area contributed by atoms with E-state index in [2.05, 4.69) is 44.4 Å². The van der Waals surface area contributed by atoms with Crippen LogP contribution in [0.5, 0.6) is 0 Å². The molecule has 0 aliphatic rings. The Morgan fingerprint density at radius 2 is 1.38 bits per heavy atom. The molecule has 0 saturated heterocycles. The molecule has 0 heterocycles. The molecule has 0 N–H and O–H groups in total. The normalized spacial score (nSPS) is 12.4. The summed E-state index contributed by atoms with van der Waals surface area (Å²) in [5, 5.41) is 0. The maximum absolute atomic E-state index is 6.55. The molecule has 0 saturated carbocycles. The summed E-state index contributed by atoms with van der Waals surface area (Å²) in [7, 11) is -3.68. The second-order valence-corrected chi connectivity index (χ2v) is 18.1. The number of benzene rings is 1. The molecule has 16 heavy (non-hydrogen) atoms. The van der Waals surface area contributed by atoms with Gasteiger partial charge in [0.2, 0.25) is 0 Å². The zero-order chi connectivity index (χ0) is 12.4. The Balaban J connectivity index is 3.19. The highest BCUT2D eigenvalue weighted by atomic mass is 35.6. The van der Waals surface area contributed by atoms with Crippen LogP contribution in [0.25, 0.3) is 6.08 Å². The van der Waals surface area contributed by atoms with Gasteiger partial charge in [-0.2, -0.15) is 22.2 Å². The molecule has 0 radical (unpaired) electrons. The number of rotatable bonds is 3. The van der Waals surface area contributed by atoms with Crippen molar-refractivity contribution in [2.45, 2.75) is 26.2 Å². The quantitative estimate of drug-likeness (QED) is 0.540. The molecule has 0 bridgehead atoms. The topological polar surface area (TPSA) is 0 Å². The summed E-state index contributed by atoms with van der Waals surface area (Å²) in [4.78, 5) is 1.30. The first-order chi connectivity index (χ1) is 7.21. The number of halogens is 2. The van der Waals surface area contributed by atoms with Crippen molar-refractivity contribution in [2.75, 3.05) is 0 Å². The van der Waals surface area contributed by atoms with Crippen molar-refractivity contribution in [3.8, 4) is 0 Å². The Morgan fingerprint density at radius 1 is 0.938 bits per heavy atom. The molecule has 0 amide bonds. The van der Waals surface area contributed by atoms with Crippen LogP contribution in [0, 0.1) is 0 Å². The standard InChI is InChI=1S/C12H18Cl2Si2/c1-15(2,13)12(16(3,4)14)10-11-8-6-5-7-9-11/h5-10H,1-4H3. The maximum atomic E-state index is 6.55. The predicted octanol–water partition coefficient (Wildman–Crippen LogP) is 5.04. The van der Waals surface area contributed by atoms with Gasteiger partial charge in [0.1, 0.15) is 0 Å². The molecule has 0 nitrogen and oxygen atoms in total. The smallest absolute Gasteiger partial charge is 0.162 e. The second kappa shape index (κ2) is 5.09. The summed E-state index contributed by atoms with van der Waals surface area (Å²) in [6, 6.07) is 10.3. The van der Waals surface area contributed by atoms with Gasteiger partial charge in [-0.15, -0.1) is 0 Å². The molecule has 0 spiro atoms. The van der Waals surface area contributed by atoms with Crippen LogP contribution < -0.4 is 0 Å². The van der Waals surface area contributed by atoms with Gasteiger partial charge < -0.3 is 0 Å². The fourth-order valence-corrected chi connectivity index (χ4v) is 13.5. The molecule has 0 aliphatic heterocycles. The first kappa shape index (κ1) is 14.0. The summed E-state index contributed by atoms with van der Waals surface area (Å²) in [5.41, 5.74) is 1.19. The third-order valence-electron chi connectivity index (χ3n) is 2.39. The summed E-state index contributed by atoms with van der Waals surface area (Å²) in [6.07, 6.45) is 2.19. The highest BCUT2D eigenvalue weighted by Gasteiger charge is 2.35. The van der Waals surface area contributed by atoms with Gasteiger partial charge in [-0.25, -0.2) is 0 Å². The number of hydrogen-bond acceptors (Lipinski definition) is 0. The molecule has 0 fully saturated rings. The molecule has 0 atom stereocenters. The lowest BCUT2D eigenvalue weighted by atomic mass is 10.2. The van der Waals surface area contributed by atoms with Crippen LogP contribution >= 0.6 is 22.2 Å². The van der Waals surface area contributed by atoms with Crippen LogP contribution in [0.1, 0.15) is 5.56 Å². The highest BCUT2D eigenvalue weighted by molar-refractivity contribution is 7.38. The Hall–Kier alpha value is -0.0262. The molecule has 0 aliphatic carbocycles. The Morgan fingerprint density at radius 3 is 1.75 bits per heavy atom. The zero-order valence-corrected chi connectivity index (χ0v) is 13.7. The van der Waals surface area contributed by atoms with Crippen LogP contribution in [0.4, 0.5) is 0 Å². The lowest BCUT2D eigenvalue weighted by molar-refractivity contribution is 1.65. The van der Waals surface area contributed by atoms with Crippen LogP contribution in [0.15, 0.2) is 35.2 Å². The van der Waals surface area contributed by atoms with E-state index in [0.717, 1.165) is 0 Å². The van der Waals surface area contributed by atoms with Crippen LogP contribution in [0.3, 0.4) is 0 Å². The maximum Gasteiger partial charge on any atom is 0.174 e. The van der Waals surface area contributed by atoms with Gasteiger partial charge in [-0.1, -0.05) is 67.4 Å². The Kier molecular flexibility index (Phi) is 4.46. The van der Waals surface area contributed by atoms with Gasteiger partial charge in [0.25, 0.3) is 0 Å². The lowest BCUT2D eigenvalue weighted by Gasteiger charge is -2.27. The molecular weight excluding hydrogens is 271 g/mol. The third-order valence-corrected chi connectivity index (χ3v) is 11.2. The van der Waals surface area contributed by atoms with Crippen molar-refractivity contribution in [2.24, 2.45) is 0 Å². The van der Waals surface area contributed by atoms with Gasteiger partial charge in [0.05, 0.1) is 0 Å². The molecule has 4 heteroatoms. The molecule has 0 aromatic heterocycles. The monoisotopic (exact) mass is 288 g/mol. The van der Waals surface area contributed by atoms with E-state index in [1.807, 2.05) is 18.2 Å². The highest BCUT2D eigenvalue weighted by Crippen LogP contribution is 2.32. The summed E-state index contributed by atoms with van der Waals surface area (Å²) in [5.74, 6) is 0. The largest absolute Gasteiger partial charge is 0.174 e. The first-order valence-electron chi connectivity index (χ1n) is 5.37. The average molecular weight is 289 g/mol. The van der Waals surface area contributed by atoms with Crippen LogP contribution in [0.2, 0.25) is 26.2 Å². The zero-order valence-electron chi connectivity index (χ0n) is 10.2. The molecule has 1 rings (SSSR count). The summed E-state index contributed by atoms with van der Waals surface area (Å²) >= 11 is 13.1. The van der Waals surface area contributed by atoms with E-state index in [0.29, 0.717) is 0 Å². The minimum Gasteiger partial charge on any atom is -0.162 e. The predicted molar refractivity (Wildman–Crippen MR) is 81.1 cm³/mol. The van der Waals surface area contributed by atoms with Gasteiger partial charge in [0.15, 0.2) is 14.8 Å². The van der Waals surface area contributed by atoms with Crippen molar-refractivity contribution in [3.05, 3.63) is 40.7 Å². The van der Waals surface area contributed by atoms with Crippen molar-refractivity contribution in [1.29, 1.82) is 0 Å². The summed E-state index contributed by atoms with van der Waals surface area (Å²) in [6.45, 7) is 8.56. The third kappa shape index (κ3) is 4.09. The Labute approximate surface area is 110 Å². The van der Waals surface area contributed by atoms with E-state index in [1.165, 1.54) is 10.4 Å². The second-order valence-electron chi connectivity index (χ2n) is 4.91. The van der Waals surface area contributed by atoms with Crippen molar-refractivity contribution < 1.29 is 0 Å². The summed E-state index contributed by atoms with van der Waals surface area (Å²) < 4.78 is 0. The average Bonchev–Trinajstić information content (AvgIpc) is 2.12. The SMILES string of the molecule is C[Si](C)(Cl)C(=Cc1ccccc1)[Si](C)(C)Cl. The van der Waals surface area contributed by atoms with E-state index in [1.54, 1.807) is 0 Å². The minimum atomic E-state index is -1.84. The van der Waals surface area contributed by atoms with Gasteiger partial charge in [-0.05, 0) is 5.56 Å². The lowest BCUT2D eigenvalue weighted by Crippen LogP contribution is -2.36. The van der Waals surface area contributed by atoms with E-state index >= 15 is 0 Å². The number of hydrogen-bond donors (Lipinski definition) is 0. The van der Waals surface area contributed by atoms with E-state index in [-0.39, 0.29) is 0 Å². The van der Waals surface area contributed by atoms with Gasteiger partial charge >= 0.3 is 0 Å². The van der Waals surface area contributed by atoms with Crippen LogP contribution in [-0.2, 0) is 0 Å². The van der Waals surface area contributed by atoms with Gasteiger partial charge in [0, 0.05) is 0 Å². The van der Waals surface area contributed by atoms with Crippen molar-refractivity contribution in [3.63, 3.8) is 0 Å². The fourth-order valence-electron chi connectivity index (χ4n) is 1.77. The van der Waals surface area contributed by atoms with E-state index in [9.17, 15) is 0 Å². The molecule has 1 aromatic rings. The van der Waals surface area contributed by atoms with E-state index in [4.69, 9.17) is 22.2 Å². The molecule has 0 unspecified atom stereocenters. The van der Waals surface area contributed by atoms with E-state index < -0.39 is 14.8 Å². The molecule has 1 aromatic carbocycles. The molecule has 88 valence electrons. The molecular formula is C12H18Cl2Si2. The Bertz CT molecular complexity index is 356. The van der Waals surface area contributed by atoms with Crippen LogP contribution in [-0.4, -0.2) is 14.8 Å².